The predicted octanol–water partition coefficient (Wildman–Crippen LogP) is 3.98. The number of hydrogen-bond acceptors (Lipinski definition) is 9. The second kappa shape index (κ2) is 34.0. The third kappa shape index (κ3) is 33.9. The van der Waals surface area contributed by atoms with Crippen LogP contribution >= 0.6 is 11.6 Å². The lowest BCUT2D eigenvalue weighted by Gasteiger charge is -2.10. The summed E-state index contributed by atoms with van der Waals surface area (Å²) in [4.78, 5) is 0. The molecule has 0 heterocycles. The molecular weight excluding hydrogens is 504 g/mol. The lowest BCUT2D eigenvalue weighted by molar-refractivity contribution is -0.0255. The highest BCUT2D eigenvalue weighted by Crippen LogP contribution is 2.01. The van der Waals surface area contributed by atoms with Crippen LogP contribution in [-0.2, 0) is 42.6 Å². The van der Waals surface area contributed by atoms with Crippen LogP contribution in [0.1, 0.15) is 46.0 Å². The van der Waals surface area contributed by atoms with Crippen LogP contribution < -0.4 is 0 Å². The van der Waals surface area contributed by atoms with Crippen molar-refractivity contribution in [3.8, 4) is 0 Å². The molecule has 0 aliphatic carbocycles. The van der Waals surface area contributed by atoms with E-state index in [0.717, 1.165) is 38.4 Å². The van der Waals surface area contributed by atoms with Crippen molar-refractivity contribution in [2.24, 2.45) is 5.92 Å². The van der Waals surface area contributed by atoms with Crippen molar-refractivity contribution >= 4 is 11.6 Å². The number of alkyl halides is 1. The quantitative estimate of drug-likeness (QED) is 0.0877. The molecule has 0 rings (SSSR count). The molecule has 0 saturated heterocycles. The minimum Gasteiger partial charge on any atom is -0.379 e. The molecule has 0 amide bonds. The van der Waals surface area contributed by atoms with Crippen molar-refractivity contribution in [1.29, 1.82) is 0 Å². The summed E-state index contributed by atoms with van der Waals surface area (Å²) in [6, 6.07) is 0. The van der Waals surface area contributed by atoms with E-state index in [1.807, 2.05) is 0 Å². The van der Waals surface area contributed by atoms with Gasteiger partial charge in [-0.1, -0.05) is 33.1 Å². The van der Waals surface area contributed by atoms with E-state index in [1.165, 1.54) is 12.8 Å². The Bertz CT molecular complexity index is 408. The van der Waals surface area contributed by atoms with Gasteiger partial charge in [-0.25, -0.2) is 0 Å². The van der Waals surface area contributed by atoms with Gasteiger partial charge in [0.25, 0.3) is 0 Å². The second-order valence-electron chi connectivity index (χ2n) is 8.59. The average molecular weight is 559 g/mol. The third-order valence-electron chi connectivity index (χ3n) is 5.25. The topological polar surface area (TPSA) is 83.1 Å². The smallest absolute Gasteiger partial charge is 0.0701 e. The molecule has 0 N–H and O–H groups in total. The largest absolute Gasteiger partial charge is 0.379 e. The minimum atomic E-state index is 0.536. The Morgan fingerprint density at radius 2 is 0.703 bits per heavy atom. The molecule has 0 bridgehead atoms. The third-order valence-corrected chi connectivity index (χ3v) is 5.51. The van der Waals surface area contributed by atoms with Crippen LogP contribution in [0.3, 0.4) is 0 Å². The van der Waals surface area contributed by atoms with Crippen LogP contribution in [0.4, 0.5) is 0 Å². The van der Waals surface area contributed by atoms with E-state index < -0.39 is 0 Å². The summed E-state index contributed by atoms with van der Waals surface area (Å²) in [6.07, 6.45) is 5.66. The van der Waals surface area contributed by atoms with Crippen molar-refractivity contribution in [2.75, 3.05) is 125 Å². The maximum absolute atomic E-state index is 5.64. The van der Waals surface area contributed by atoms with E-state index in [2.05, 4.69) is 13.8 Å². The van der Waals surface area contributed by atoms with E-state index in [9.17, 15) is 0 Å². The van der Waals surface area contributed by atoms with Gasteiger partial charge in [0.15, 0.2) is 0 Å². The Labute approximate surface area is 231 Å². The standard InChI is InChI=1S/C27H55ClO9/c1-3-27(2)26-37-25-24-36-23-22-35-21-20-34-19-18-33-17-16-32-15-14-31-13-12-30-11-10-29-9-7-5-4-6-8-28/h27H,3-26H2,1-2H3. The fraction of sp³-hybridized carbons (Fsp3) is 1.00. The molecule has 0 aromatic carbocycles. The van der Waals surface area contributed by atoms with Crippen LogP contribution in [0.15, 0.2) is 0 Å². The number of unbranched alkanes of at least 4 members (excludes halogenated alkanes) is 3. The zero-order valence-electron chi connectivity index (χ0n) is 23.6. The van der Waals surface area contributed by atoms with Gasteiger partial charge in [-0.05, 0) is 18.8 Å². The molecule has 1 atom stereocenters. The monoisotopic (exact) mass is 558 g/mol. The van der Waals surface area contributed by atoms with Crippen molar-refractivity contribution < 1.29 is 42.6 Å². The summed E-state index contributed by atoms with van der Waals surface area (Å²) in [5.41, 5.74) is 0. The maximum Gasteiger partial charge on any atom is 0.0701 e. The Kier molecular flexibility index (Phi) is 33.9. The Balaban J connectivity index is 3.02. The first-order valence-corrected chi connectivity index (χ1v) is 14.6. The highest BCUT2D eigenvalue weighted by molar-refractivity contribution is 6.17. The SMILES string of the molecule is CCC(C)COCCOCCOCCOCCOCCOCCOCCOCCOCCCCCCCl. The zero-order valence-corrected chi connectivity index (χ0v) is 24.4. The summed E-state index contributed by atoms with van der Waals surface area (Å²) >= 11 is 5.64. The number of hydrogen-bond donors (Lipinski definition) is 0. The fourth-order valence-corrected chi connectivity index (χ4v) is 3.00. The van der Waals surface area contributed by atoms with Gasteiger partial charge >= 0.3 is 0 Å². The lowest BCUT2D eigenvalue weighted by atomic mass is 10.1. The average Bonchev–Trinajstić information content (AvgIpc) is 2.91. The Morgan fingerprint density at radius 3 is 1.03 bits per heavy atom. The summed E-state index contributed by atoms with van der Waals surface area (Å²) in [6.45, 7) is 15.0. The summed E-state index contributed by atoms with van der Waals surface area (Å²) in [5.74, 6) is 1.35. The molecule has 1 unspecified atom stereocenters. The highest BCUT2D eigenvalue weighted by atomic mass is 35.5. The summed E-state index contributed by atoms with van der Waals surface area (Å²) in [7, 11) is 0. The Hall–Kier alpha value is -0.0700. The van der Waals surface area contributed by atoms with Crippen molar-refractivity contribution in [1.82, 2.24) is 0 Å². The van der Waals surface area contributed by atoms with E-state index in [0.29, 0.717) is 112 Å². The van der Waals surface area contributed by atoms with Gasteiger partial charge in [0.2, 0.25) is 0 Å². The van der Waals surface area contributed by atoms with Gasteiger partial charge in [0.05, 0.1) is 106 Å². The van der Waals surface area contributed by atoms with Gasteiger partial charge in [-0.3, -0.25) is 0 Å². The van der Waals surface area contributed by atoms with E-state index in [-0.39, 0.29) is 0 Å². The van der Waals surface area contributed by atoms with Crippen LogP contribution in [0.25, 0.3) is 0 Å². The summed E-state index contributed by atoms with van der Waals surface area (Å²) in [5, 5.41) is 0. The number of ether oxygens (including phenoxy) is 9. The van der Waals surface area contributed by atoms with Gasteiger partial charge in [0, 0.05) is 19.1 Å². The van der Waals surface area contributed by atoms with Crippen LogP contribution in [0, 0.1) is 5.92 Å². The maximum atomic E-state index is 5.64. The Morgan fingerprint density at radius 1 is 0.405 bits per heavy atom. The van der Waals surface area contributed by atoms with Crippen molar-refractivity contribution in [3.63, 3.8) is 0 Å². The van der Waals surface area contributed by atoms with E-state index in [1.54, 1.807) is 0 Å². The second-order valence-corrected chi connectivity index (χ2v) is 8.97. The molecule has 0 spiro atoms. The molecule has 0 aliphatic rings. The van der Waals surface area contributed by atoms with Gasteiger partial charge in [-0.15, -0.1) is 11.6 Å². The van der Waals surface area contributed by atoms with Crippen molar-refractivity contribution in [2.45, 2.75) is 46.0 Å². The van der Waals surface area contributed by atoms with Gasteiger partial charge in [-0.2, -0.15) is 0 Å². The first-order chi connectivity index (χ1) is 18.3. The molecule has 37 heavy (non-hydrogen) atoms. The molecule has 0 aromatic heterocycles. The van der Waals surface area contributed by atoms with E-state index in [4.69, 9.17) is 54.2 Å². The first kappa shape index (κ1) is 36.9. The summed E-state index contributed by atoms with van der Waals surface area (Å²) < 4.78 is 49.3. The fourth-order valence-electron chi connectivity index (χ4n) is 2.81. The molecular formula is C27H55ClO9. The molecule has 0 radical (unpaired) electrons. The lowest BCUT2D eigenvalue weighted by Crippen LogP contribution is -2.15. The molecule has 0 saturated carbocycles. The normalized spacial score (nSPS) is 12.4. The molecule has 9 nitrogen and oxygen atoms in total. The minimum absolute atomic E-state index is 0.536. The van der Waals surface area contributed by atoms with Gasteiger partial charge in [0.1, 0.15) is 0 Å². The predicted molar refractivity (Wildman–Crippen MR) is 146 cm³/mol. The molecule has 0 aliphatic heterocycles. The van der Waals surface area contributed by atoms with Crippen molar-refractivity contribution in [3.05, 3.63) is 0 Å². The highest BCUT2D eigenvalue weighted by Gasteiger charge is 1.98. The van der Waals surface area contributed by atoms with E-state index >= 15 is 0 Å². The molecule has 224 valence electrons. The van der Waals surface area contributed by atoms with Crippen LogP contribution in [0.5, 0.6) is 0 Å². The number of halogens is 1. The number of rotatable bonds is 33. The van der Waals surface area contributed by atoms with Crippen LogP contribution in [-0.4, -0.2) is 125 Å². The van der Waals surface area contributed by atoms with Crippen LogP contribution in [0.2, 0.25) is 0 Å². The van der Waals surface area contributed by atoms with Gasteiger partial charge < -0.3 is 42.6 Å². The molecule has 0 aromatic rings. The molecule has 10 heteroatoms. The first-order valence-electron chi connectivity index (χ1n) is 14.1. The zero-order chi connectivity index (χ0) is 26.9. The molecule has 0 fully saturated rings.